The van der Waals surface area contributed by atoms with Gasteiger partial charge in [0.05, 0.1) is 46.7 Å². The number of ether oxygens (including phenoxy) is 3. The fourth-order valence-corrected chi connectivity index (χ4v) is 3.99. The number of oxime groups is 1. The Morgan fingerprint density at radius 2 is 1.70 bits per heavy atom. The first kappa shape index (κ1) is 24.1. The first-order valence-electron chi connectivity index (χ1n) is 10.4. The van der Waals surface area contributed by atoms with Gasteiger partial charge in [0.15, 0.2) is 11.5 Å². The van der Waals surface area contributed by atoms with Crippen molar-refractivity contribution >= 4 is 16.5 Å². The number of piperidine rings is 1. The van der Waals surface area contributed by atoms with Gasteiger partial charge in [-0.25, -0.2) is 0 Å². The topological polar surface area (TPSA) is 53.7 Å². The molecular weight excluding hydrogens is 404 g/mol. The number of quaternary nitrogens is 1. The minimum atomic E-state index is 0. The number of fused-ring (bicyclic) bond motifs is 1. The predicted molar refractivity (Wildman–Crippen MR) is 116 cm³/mol. The number of nitrogens with one attached hydrogen (secondary N) is 1. The van der Waals surface area contributed by atoms with Crippen molar-refractivity contribution in [2.24, 2.45) is 5.16 Å². The van der Waals surface area contributed by atoms with Crippen LogP contribution in [-0.2, 0) is 4.84 Å². The third-order valence-corrected chi connectivity index (χ3v) is 5.59. The van der Waals surface area contributed by atoms with E-state index in [0.29, 0.717) is 23.9 Å². The van der Waals surface area contributed by atoms with Gasteiger partial charge < -0.3 is 36.4 Å². The normalized spacial score (nSPS) is 14.9. The zero-order valence-corrected chi connectivity index (χ0v) is 19.2. The Morgan fingerprint density at radius 3 is 2.37 bits per heavy atom. The van der Waals surface area contributed by atoms with Crippen molar-refractivity contribution in [1.29, 1.82) is 0 Å². The van der Waals surface area contributed by atoms with Gasteiger partial charge in [0.1, 0.15) is 6.61 Å². The van der Waals surface area contributed by atoms with Crippen molar-refractivity contribution in [3.05, 3.63) is 29.8 Å². The summed E-state index contributed by atoms with van der Waals surface area (Å²) in [5.41, 5.74) is 1.86. The average molecular weight is 437 g/mol. The van der Waals surface area contributed by atoms with Crippen molar-refractivity contribution in [3.63, 3.8) is 0 Å². The van der Waals surface area contributed by atoms with E-state index in [2.05, 4.69) is 11.2 Å². The van der Waals surface area contributed by atoms with Gasteiger partial charge >= 0.3 is 0 Å². The fourth-order valence-electron chi connectivity index (χ4n) is 3.99. The van der Waals surface area contributed by atoms with Crippen LogP contribution in [0.5, 0.6) is 17.2 Å². The maximum Gasteiger partial charge on any atom is 0.203 e. The smallest absolute Gasteiger partial charge is 0.203 e. The number of benzene rings is 2. The third kappa shape index (κ3) is 5.70. The molecule has 1 heterocycles. The highest BCUT2D eigenvalue weighted by Crippen LogP contribution is 2.43. The van der Waals surface area contributed by atoms with Crippen molar-refractivity contribution in [2.75, 3.05) is 47.6 Å². The van der Waals surface area contributed by atoms with E-state index >= 15 is 0 Å². The lowest BCUT2D eigenvalue weighted by atomic mass is 10.0. The lowest BCUT2D eigenvalue weighted by molar-refractivity contribution is -0.905. The minimum Gasteiger partial charge on any atom is -1.00 e. The van der Waals surface area contributed by atoms with Crippen molar-refractivity contribution in [1.82, 2.24) is 0 Å². The van der Waals surface area contributed by atoms with Gasteiger partial charge in [-0.1, -0.05) is 11.2 Å². The molecule has 30 heavy (non-hydrogen) atoms. The summed E-state index contributed by atoms with van der Waals surface area (Å²) in [6.45, 7) is 6.41. The summed E-state index contributed by atoms with van der Waals surface area (Å²) in [5.74, 6) is 1.90. The second-order valence-electron chi connectivity index (χ2n) is 7.51. The monoisotopic (exact) mass is 436 g/mol. The molecule has 1 saturated heterocycles. The quantitative estimate of drug-likeness (QED) is 0.343. The highest BCUT2D eigenvalue weighted by Gasteiger charge is 2.16. The van der Waals surface area contributed by atoms with Crippen molar-refractivity contribution < 1.29 is 36.4 Å². The van der Waals surface area contributed by atoms with Crippen LogP contribution in [0.2, 0.25) is 0 Å². The number of halogens is 1. The lowest BCUT2D eigenvalue weighted by Crippen LogP contribution is -3.12. The lowest BCUT2D eigenvalue weighted by Gasteiger charge is -2.23. The Balaban J connectivity index is 0.00000320. The summed E-state index contributed by atoms with van der Waals surface area (Å²) in [7, 11) is 4.87. The van der Waals surface area contributed by atoms with Crippen LogP contribution in [0.4, 0.5) is 0 Å². The molecule has 0 atom stereocenters. The molecule has 0 bridgehead atoms. The van der Waals surface area contributed by atoms with Gasteiger partial charge in [0, 0.05) is 11.8 Å². The van der Waals surface area contributed by atoms with E-state index in [9.17, 15) is 0 Å². The van der Waals surface area contributed by atoms with Gasteiger partial charge in [-0.2, -0.15) is 0 Å². The highest BCUT2D eigenvalue weighted by molar-refractivity contribution is 6.03. The van der Waals surface area contributed by atoms with Gasteiger partial charge in [-0.15, -0.1) is 0 Å². The van der Waals surface area contributed by atoms with Gasteiger partial charge in [0.2, 0.25) is 5.75 Å². The van der Waals surface area contributed by atoms with Gasteiger partial charge in [-0.05, 0) is 55.3 Å². The molecular formula is C23H33ClN2O4. The second-order valence-corrected chi connectivity index (χ2v) is 7.51. The zero-order valence-electron chi connectivity index (χ0n) is 18.4. The first-order chi connectivity index (χ1) is 14.2. The van der Waals surface area contributed by atoms with Crippen LogP contribution in [0.3, 0.4) is 0 Å². The molecule has 7 heteroatoms. The van der Waals surface area contributed by atoms with Gasteiger partial charge in [0.25, 0.3) is 0 Å². The number of hydrogen-bond donors (Lipinski definition) is 1. The summed E-state index contributed by atoms with van der Waals surface area (Å²) in [6.07, 6.45) is 5.14. The van der Waals surface area contributed by atoms with Crippen LogP contribution in [0.15, 0.2) is 29.4 Å². The average Bonchev–Trinajstić information content (AvgIpc) is 2.77. The number of likely N-dealkylation sites (tertiary alicyclic amines) is 1. The summed E-state index contributed by atoms with van der Waals surface area (Å²) in [5, 5.41) is 6.29. The summed E-state index contributed by atoms with van der Waals surface area (Å²) >= 11 is 0. The maximum absolute atomic E-state index is 5.58. The van der Waals surface area contributed by atoms with Crippen molar-refractivity contribution in [3.8, 4) is 17.2 Å². The number of nitrogens with zero attached hydrogens (tertiary/aromatic N) is 1. The zero-order chi connectivity index (χ0) is 20.6. The molecule has 2 aromatic carbocycles. The molecule has 1 aliphatic heterocycles. The molecule has 2 aromatic rings. The largest absolute Gasteiger partial charge is 1.00 e. The predicted octanol–water partition coefficient (Wildman–Crippen LogP) is 0.0691. The van der Waals surface area contributed by atoms with Gasteiger partial charge in [-0.3, -0.25) is 0 Å². The van der Waals surface area contributed by atoms with E-state index in [4.69, 9.17) is 19.0 Å². The van der Waals surface area contributed by atoms with E-state index < -0.39 is 0 Å². The van der Waals surface area contributed by atoms with Crippen LogP contribution >= 0.6 is 0 Å². The molecule has 1 fully saturated rings. The van der Waals surface area contributed by atoms with Crippen LogP contribution in [0, 0.1) is 0 Å². The maximum atomic E-state index is 5.58. The molecule has 0 amide bonds. The van der Waals surface area contributed by atoms with E-state index in [1.807, 2.05) is 25.1 Å². The number of hydrogen-bond acceptors (Lipinski definition) is 5. The molecule has 0 saturated carbocycles. The number of methoxy groups -OCH3 is 3. The Kier molecular flexibility index (Phi) is 9.53. The fraction of sp³-hybridized carbons (Fsp3) is 0.522. The Bertz CT molecular complexity index is 851. The van der Waals surface area contributed by atoms with Crippen LogP contribution in [0.1, 0.15) is 38.2 Å². The Hall–Kier alpha value is -2.18. The molecule has 166 valence electrons. The highest BCUT2D eigenvalue weighted by atomic mass is 35.5. The van der Waals surface area contributed by atoms with Crippen LogP contribution < -0.4 is 31.5 Å². The SMILES string of the molecule is COc1cc2cc(/C(C)=N/OCCC[NH+]3CCCCC3)ccc2c(OC)c1OC.[Cl-]. The Labute approximate surface area is 185 Å². The molecule has 0 radical (unpaired) electrons. The van der Waals surface area contributed by atoms with E-state index in [0.717, 1.165) is 28.5 Å². The van der Waals surface area contributed by atoms with Crippen LogP contribution in [0.25, 0.3) is 10.8 Å². The van der Waals surface area contributed by atoms with Crippen molar-refractivity contribution in [2.45, 2.75) is 32.6 Å². The van der Waals surface area contributed by atoms with E-state index in [-0.39, 0.29) is 12.4 Å². The molecule has 0 unspecified atom stereocenters. The minimum absolute atomic E-state index is 0. The molecule has 1 N–H and O–H groups in total. The Morgan fingerprint density at radius 1 is 0.967 bits per heavy atom. The molecule has 0 spiro atoms. The second kappa shape index (κ2) is 11.9. The molecule has 1 aliphatic rings. The summed E-state index contributed by atoms with van der Waals surface area (Å²) in [4.78, 5) is 7.29. The standard InChI is InChI=1S/C23H32N2O4.ClH/c1-17(24-29-14-8-13-25-11-6-5-7-12-25)18-9-10-20-19(15-18)16-21(26-2)23(28-4)22(20)27-3;/h9-10,15-16H,5-8,11-14H2,1-4H3;1H/b24-17+;. The van der Waals surface area contributed by atoms with Crippen LogP contribution in [-0.4, -0.2) is 53.3 Å². The first-order valence-corrected chi connectivity index (χ1v) is 10.4. The molecule has 3 rings (SSSR count). The molecule has 6 nitrogen and oxygen atoms in total. The summed E-state index contributed by atoms with van der Waals surface area (Å²) in [6, 6.07) is 8.07. The molecule has 0 aromatic heterocycles. The van der Waals surface area contributed by atoms with E-state index in [1.165, 1.54) is 38.9 Å². The third-order valence-electron chi connectivity index (χ3n) is 5.59. The molecule has 0 aliphatic carbocycles. The van der Waals surface area contributed by atoms with E-state index in [1.54, 1.807) is 26.2 Å². The number of rotatable bonds is 9. The summed E-state index contributed by atoms with van der Waals surface area (Å²) < 4.78 is 16.5.